The predicted molar refractivity (Wildman–Crippen MR) is 141 cm³/mol. The fourth-order valence-corrected chi connectivity index (χ4v) is 3.58. The molecule has 7 heteroatoms. The van der Waals surface area contributed by atoms with Crippen molar-refractivity contribution in [1.82, 2.24) is 0 Å². The first-order valence-electron chi connectivity index (χ1n) is 14.3. The Morgan fingerprint density at radius 3 is 1.34 bits per heavy atom. The Labute approximate surface area is 215 Å². The van der Waals surface area contributed by atoms with Gasteiger partial charge in [0.1, 0.15) is 6.61 Å². The van der Waals surface area contributed by atoms with Crippen LogP contribution < -0.4 is 0 Å². The number of esters is 1. The molecule has 0 aromatic rings. The molecule has 0 aromatic carbocycles. The highest BCUT2D eigenvalue weighted by Gasteiger charge is 2.16. The zero-order chi connectivity index (χ0) is 25.7. The van der Waals surface area contributed by atoms with Crippen LogP contribution in [0.1, 0.15) is 97.8 Å². The Balaban J connectivity index is 3.18. The van der Waals surface area contributed by atoms with Crippen molar-refractivity contribution in [2.45, 2.75) is 97.8 Å². The molecule has 35 heavy (non-hydrogen) atoms. The summed E-state index contributed by atoms with van der Waals surface area (Å²) >= 11 is 0. The van der Waals surface area contributed by atoms with Gasteiger partial charge in [-0.2, -0.15) is 0 Å². The maximum atomic E-state index is 12.0. The summed E-state index contributed by atoms with van der Waals surface area (Å²) in [5.74, 6) is -0.0881. The van der Waals surface area contributed by atoms with Crippen LogP contribution in [-0.2, 0) is 33.2 Å². The van der Waals surface area contributed by atoms with Crippen LogP contribution in [0, 0.1) is 5.92 Å². The van der Waals surface area contributed by atoms with Crippen LogP contribution in [-0.4, -0.2) is 78.6 Å². The Morgan fingerprint density at radius 2 is 0.886 bits per heavy atom. The topological polar surface area (TPSA) is 72.5 Å². The Hall–Kier alpha value is -0.730. The summed E-state index contributed by atoms with van der Waals surface area (Å²) in [6.07, 6.45) is 14.4. The van der Waals surface area contributed by atoms with Gasteiger partial charge in [-0.15, -0.1) is 0 Å². The van der Waals surface area contributed by atoms with E-state index < -0.39 is 0 Å². The zero-order valence-corrected chi connectivity index (χ0v) is 23.2. The fourth-order valence-electron chi connectivity index (χ4n) is 3.58. The van der Waals surface area contributed by atoms with E-state index in [1.165, 1.54) is 44.9 Å². The molecule has 0 spiro atoms. The fraction of sp³-hybridized carbons (Fsp3) is 0.964. The third kappa shape index (κ3) is 26.2. The minimum Gasteiger partial charge on any atom is -0.463 e. The van der Waals surface area contributed by atoms with Gasteiger partial charge in [0.05, 0.1) is 65.4 Å². The molecule has 0 bridgehead atoms. The summed E-state index contributed by atoms with van der Waals surface area (Å²) in [7, 11) is 0. The number of hydrogen-bond acceptors (Lipinski definition) is 7. The van der Waals surface area contributed by atoms with Crippen LogP contribution >= 0.6 is 0 Å². The van der Waals surface area contributed by atoms with Gasteiger partial charge in [0.15, 0.2) is 0 Å². The van der Waals surface area contributed by atoms with Crippen LogP contribution in [0.5, 0.6) is 0 Å². The van der Waals surface area contributed by atoms with E-state index in [1.807, 2.05) is 6.92 Å². The second-order valence-electron chi connectivity index (χ2n) is 8.95. The van der Waals surface area contributed by atoms with Gasteiger partial charge in [-0.3, -0.25) is 4.79 Å². The molecule has 1 unspecified atom stereocenters. The number of hydrogen-bond donors (Lipinski definition) is 0. The molecular formula is C28H56O7. The lowest BCUT2D eigenvalue weighted by molar-refractivity contribution is -0.150. The average molecular weight is 505 g/mol. The second-order valence-corrected chi connectivity index (χ2v) is 8.95. The molecule has 1 atom stereocenters. The molecule has 0 fully saturated rings. The van der Waals surface area contributed by atoms with Crippen LogP contribution in [0.4, 0.5) is 0 Å². The summed E-state index contributed by atoms with van der Waals surface area (Å²) < 4.78 is 32.8. The SMILES string of the molecule is CCCCCCCCCCOCCOCCOCCOCCOCCOC(=O)C(CC)CCCC. The molecule has 0 aromatic heterocycles. The van der Waals surface area contributed by atoms with E-state index in [2.05, 4.69) is 13.8 Å². The second kappa shape index (κ2) is 29.5. The monoisotopic (exact) mass is 504 g/mol. The molecule has 7 nitrogen and oxygen atoms in total. The maximum absolute atomic E-state index is 12.0. The predicted octanol–water partition coefficient (Wildman–Crippen LogP) is 5.97. The molecule has 0 heterocycles. The smallest absolute Gasteiger partial charge is 0.308 e. The third-order valence-corrected chi connectivity index (χ3v) is 5.83. The van der Waals surface area contributed by atoms with Crippen LogP contribution in [0.25, 0.3) is 0 Å². The molecule has 0 aliphatic heterocycles. The normalized spacial score (nSPS) is 12.2. The molecule has 0 aliphatic carbocycles. The lowest BCUT2D eigenvalue weighted by Crippen LogP contribution is -2.20. The first kappa shape index (κ1) is 34.3. The van der Waals surface area contributed by atoms with Crippen molar-refractivity contribution in [3.05, 3.63) is 0 Å². The molecule has 0 amide bonds. The first-order valence-corrected chi connectivity index (χ1v) is 14.3. The summed E-state index contributed by atoms with van der Waals surface area (Å²) in [5.41, 5.74) is 0. The molecule has 0 rings (SSSR count). The van der Waals surface area contributed by atoms with Crippen LogP contribution in [0.15, 0.2) is 0 Å². The van der Waals surface area contributed by atoms with E-state index in [0.29, 0.717) is 66.1 Å². The molecule has 0 aliphatic rings. The largest absolute Gasteiger partial charge is 0.463 e. The quantitative estimate of drug-likeness (QED) is 0.0918. The minimum atomic E-state index is -0.103. The summed E-state index contributed by atoms with van der Waals surface area (Å²) in [4.78, 5) is 12.0. The van der Waals surface area contributed by atoms with Gasteiger partial charge in [-0.25, -0.2) is 0 Å². The Morgan fingerprint density at radius 1 is 0.486 bits per heavy atom. The van der Waals surface area contributed by atoms with E-state index in [4.69, 9.17) is 28.4 Å². The summed E-state index contributed by atoms with van der Waals surface area (Å²) in [5, 5.41) is 0. The average Bonchev–Trinajstić information content (AvgIpc) is 2.87. The van der Waals surface area contributed by atoms with Crippen molar-refractivity contribution < 1.29 is 33.2 Å². The van der Waals surface area contributed by atoms with E-state index in [9.17, 15) is 4.79 Å². The zero-order valence-electron chi connectivity index (χ0n) is 23.2. The summed E-state index contributed by atoms with van der Waals surface area (Å²) in [6, 6.07) is 0. The van der Waals surface area contributed by atoms with Crippen molar-refractivity contribution in [2.75, 3.05) is 72.7 Å². The third-order valence-electron chi connectivity index (χ3n) is 5.83. The highest BCUT2D eigenvalue weighted by molar-refractivity contribution is 5.72. The lowest BCUT2D eigenvalue weighted by Gasteiger charge is -2.13. The maximum Gasteiger partial charge on any atom is 0.308 e. The van der Waals surface area contributed by atoms with Gasteiger partial charge < -0.3 is 28.4 Å². The highest BCUT2D eigenvalue weighted by atomic mass is 16.6. The van der Waals surface area contributed by atoms with Gasteiger partial charge in [0.2, 0.25) is 0 Å². The van der Waals surface area contributed by atoms with Gasteiger partial charge in [0, 0.05) is 6.61 Å². The van der Waals surface area contributed by atoms with E-state index in [0.717, 1.165) is 38.7 Å². The van der Waals surface area contributed by atoms with E-state index >= 15 is 0 Å². The number of ether oxygens (including phenoxy) is 6. The van der Waals surface area contributed by atoms with Gasteiger partial charge >= 0.3 is 5.97 Å². The van der Waals surface area contributed by atoms with Crippen molar-refractivity contribution >= 4 is 5.97 Å². The van der Waals surface area contributed by atoms with Crippen molar-refractivity contribution in [3.8, 4) is 0 Å². The van der Waals surface area contributed by atoms with Crippen LogP contribution in [0.2, 0.25) is 0 Å². The molecule has 0 N–H and O–H groups in total. The van der Waals surface area contributed by atoms with Crippen molar-refractivity contribution in [1.29, 1.82) is 0 Å². The standard InChI is InChI=1S/C28H56O7/c1-4-7-9-10-11-12-13-14-16-30-17-18-31-19-20-32-21-22-33-23-24-34-25-26-35-28(29)27(6-3)15-8-5-2/h27H,4-26H2,1-3H3. The molecule has 0 saturated carbocycles. The van der Waals surface area contributed by atoms with Gasteiger partial charge in [-0.05, 0) is 19.3 Å². The number of carbonyl (C=O) groups is 1. The first-order chi connectivity index (χ1) is 17.3. The summed E-state index contributed by atoms with van der Waals surface area (Å²) in [6.45, 7) is 12.4. The number of unbranched alkanes of at least 4 members (excludes halogenated alkanes) is 8. The molecular weight excluding hydrogens is 448 g/mol. The Bertz CT molecular complexity index is 420. The molecule has 0 saturated heterocycles. The molecule has 0 radical (unpaired) electrons. The van der Waals surface area contributed by atoms with Crippen molar-refractivity contribution in [2.24, 2.45) is 5.92 Å². The Kier molecular flexibility index (Phi) is 28.9. The number of rotatable bonds is 29. The van der Waals surface area contributed by atoms with Crippen LogP contribution in [0.3, 0.4) is 0 Å². The highest BCUT2D eigenvalue weighted by Crippen LogP contribution is 2.14. The minimum absolute atomic E-state index is 0.0153. The van der Waals surface area contributed by atoms with Crippen molar-refractivity contribution in [3.63, 3.8) is 0 Å². The van der Waals surface area contributed by atoms with Gasteiger partial charge in [0.25, 0.3) is 0 Å². The number of carbonyl (C=O) groups excluding carboxylic acids is 1. The van der Waals surface area contributed by atoms with E-state index in [1.54, 1.807) is 0 Å². The molecule has 210 valence electrons. The van der Waals surface area contributed by atoms with Gasteiger partial charge in [-0.1, -0.05) is 78.6 Å². The lowest BCUT2D eigenvalue weighted by atomic mass is 10.00. The van der Waals surface area contributed by atoms with E-state index in [-0.39, 0.29) is 11.9 Å².